The molecule has 1 aromatic heterocycles. The molecule has 5 nitrogen and oxygen atoms in total. The van der Waals surface area contributed by atoms with Gasteiger partial charge in [0.25, 0.3) is 0 Å². The van der Waals surface area contributed by atoms with Crippen LogP contribution in [0.15, 0.2) is 57.7 Å². The van der Waals surface area contributed by atoms with Gasteiger partial charge in [-0.15, -0.1) is 0 Å². The second-order valence-corrected chi connectivity index (χ2v) is 5.97. The highest BCUT2D eigenvalue weighted by molar-refractivity contribution is 5.83. The zero-order chi connectivity index (χ0) is 18.7. The summed E-state index contributed by atoms with van der Waals surface area (Å²) in [5, 5.41) is 0.404. The van der Waals surface area contributed by atoms with Gasteiger partial charge in [-0.25, -0.2) is 4.79 Å². The van der Waals surface area contributed by atoms with Crippen molar-refractivity contribution in [2.24, 2.45) is 0 Å². The summed E-state index contributed by atoms with van der Waals surface area (Å²) in [6.45, 7) is 5.43. The fourth-order valence-corrected chi connectivity index (χ4v) is 2.65. The average Bonchev–Trinajstić information content (AvgIpc) is 2.64. The van der Waals surface area contributed by atoms with Gasteiger partial charge in [-0.3, -0.25) is 4.79 Å². The van der Waals surface area contributed by atoms with Crippen LogP contribution in [0.5, 0.6) is 5.75 Å². The lowest BCUT2D eigenvalue weighted by molar-refractivity contribution is -0.150. The Morgan fingerprint density at radius 3 is 2.58 bits per heavy atom. The molecule has 0 bridgehead atoms. The van der Waals surface area contributed by atoms with Gasteiger partial charge in [-0.2, -0.15) is 0 Å². The molecule has 0 N–H and O–H groups in total. The molecule has 0 saturated heterocycles. The molecule has 26 heavy (non-hydrogen) atoms. The molecule has 0 unspecified atom stereocenters. The fraction of sp³-hybridized carbons (Fsp3) is 0.238. The number of ether oxygens (including phenoxy) is 2. The van der Waals surface area contributed by atoms with Crippen LogP contribution in [-0.2, 0) is 9.53 Å². The summed E-state index contributed by atoms with van der Waals surface area (Å²) in [5.74, 6) is -0.229. The van der Waals surface area contributed by atoms with E-state index in [0.29, 0.717) is 22.3 Å². The maximum atomic E-state index is 13.0. The van der Waals surface area contributed by atoms with E-state index in [1.165, 1.54) is 0 Å². The zero-order valence-electron chi connectivity index (χ0n) is 14.9. The van der Waals surface area contributed by atoms with E-state index < -0.39 is 12.1 Å². The van der Waals surface area contributed by atoms with E-state index in [9.17, 15) is 9.59 Å². The Morgan fingerprint density at radius 2 is 1.88 bits per heavy atom. The maximum absolute atomic E-state index is 13.0. The molecule has 0 spiro atoms. The number of benzene rings is 2. The normalized spacial score (nSPS) is 12.0. The summed E-state index contributed by atoms with van der Waals surface area (Å²) >= 11 is 0. The van der Waals surface area contributed by atoms with Crippen molar-refractivity contribution < 1.29 is 18.7 Å². The van der Waals surface area contributed by atoms with Crippen molar-refractivity contribution in [2.45, 2.75) is 26.9 Å². The highest BCUT2D eigenvalue weighted by Gasteiger charge is 2.23. The van der Waals surface area contributed by atoms with Crippen molar-refractivity contribution in [1.29, 1.82) is 0 Å². The molecule has 0 radical (unpaired) electrons. The van der Waals surface area contributed by atoms with Gasteiger partial charge in [0, 0.05) is 5.56 Å². The lowest BCUT2D eigenvalue weighted by Gasteiger charge is -2.16. The van der Waals surface area contributed by atoms with Gasteiger partial charge in [0.2, 0.25) is 11.2 Å². The molecule has 0 aliphatic rings. The fourth-order valence-electron chi connectivity index (χ4n) is 2.65. The molecule has 0 fully saturated rings. The Hall–Kier alpha value is -3.08. The van der Waals surface area contributed by atoms with Gasteiger partial charge in [0.1, 0.15) is 5.58 Å². The predicted octanol–water partition coefficient (Wildman–Crippen LogP) is 4.10. The van der Waals surface area contributed by atoms with Crippen LogP contribution in [0.4, 0.5) is 0 Å². The Kier molecular flexibility index (Phi) is 5.07. The minimum Gasteiger partial charge on any atom is -0.471 e. The summed E-state index contributed by atoms with van der Waals surface area (Å²) in [6, 6.07) is 14.5. The van der Waals surface area contributed by atoms with Crippen molar-refractivity contribution >= 4 is 16.9 Å². The van der Waals surface area contributed by atoms with Gasteiger partial charge in [-0.05, 0) is 38.5 Å². The second-order valence-electron chi connectivity index (χ2n) is 5.97. The Bertz CT molecular complexity index is 988. The van der Waals surface area contributed by atoms with Crippen LogP contribution < -0.4 is 10.2 Å². The van der Waals surface area contributed by atoms with Crippen LogP contribution in [-0.4, -0.2) is 18.7 Å². The van der Waals surface area contributed by atoms with E-state index in [0.717, 1.165) is 5.56 Å². The van der Waals surface area contributed by atoms with Crippen molar-refractivity contribution in [3.05, 3.63) is 64.3 Å². The van der Waals surface area contributed by atoms with Crippen molar-refractivity contribution in [1.82, 2.24) is 0 Å². The summed E-state index contributed by atoms with van der Waals surface area (Å²) < 4.78 is 16.7. The van der Waals surface area contributed by atoms with Crippen molar-refractivity contribution in [3.63, 3.8) is 0 Å². The second kappa shape index (κ2) is 7.44. The molecule has 2 aromatic carbocycles. The third-order valence-corrected chi connectivity index (χ3v) is 3.96. The number of carbonyl (C=O) groups is 1. The first-order chi connectivity index (χ1) is 12.5. The Labute approximate surface area is 151 Å². The summed E-state index contributed by atoms with van der Waals surface area (Å²) in [4.78, 5) is 24.9. The molecule has 5 heteroatoms. The van der Waals surface area contributed by atoms with Crippen molar-refractivity contribution in [2.75, 3.05) is 6.61 Å². The minimum absolute atomic E-state index is 0.00751. The number of esters is 1. The van der Waals surface area contributed by atoms with Gasteiger partial charge >= 0.3 is 5.97 Å². The van der Waals surface area contributed by atoms with Gasteiger partial charge < -0.3 is 13.9 Å². The van der Waals surface area contributed by atoms with E-state index in [2.05, 4.69) is 0 Å². The van der Waals surface area contributed by atoms with Crippen LogP contribution in [0.2, 0.25) is 0 Å². The summed E-state index contributed by atoms with van der Waals surface area (Å²) in [7, 11) is 0. The zero-order valence-corrected chi connectivity index (χ0v) is 14.9. The average molecular weight is 352 g/mol. The van der Waals surface area contributed by atoms with E-state index in [-0.39, 0.29) is 17.8 Å². The highest BCUT2D eigenvalue weighted by atomic mass is 16.6. The van der Waals surface area contributed by atoms with Gasteiger partial charge in [-0.1, -0.05) is 36.4 Å². The molecule has 1 atom stereocenters. The van der Waals surface area contributed by atoms with Crippen LogP contribution in [0.3, 0.4) is 0 Å². The largest absolute Gasteiger partial charge is 0.471 e. The molecule has 0 aliphatic carbocycles. The van der Waals surface area contributed by atoms with Crippen LogP contribution >= 0.6 is 0 Å². The number of fused-ring (bicyclic) bond motifs is 1. The third-order valence-electron chi connectivity index (χ3n) is 3.96. The maximum Gasteiger partial charge on any atom is 0.347 e. The van der Waals surface area contributed by atoms with Gasteiger partial charge in [0.05, 0.1) is 12.0 Å². The number of hydrogen-bond acceptors (Lipinski definition) is 5. The van der Waals surface area contributed by atoms with Crippen LogP contribution in [0.1, 0.15) is 19.4 Å². The molecular weight excluding hydrogens is 332 g/mol. The van der Waals surface area contributed by atoms with Crippen LogP contribution in [0, 0.1) is 6.92 Å². The molecule has 3 rings (SSSR count). The predicted molar refractivity (Wildman–Crippen MR) is 99.4 cm³/mol. The molecule has 134 valence electrons. The van der Waals surface area contributed by atoms with E-state index in [1.54, 1.807) is 19.9 Å². The first kappa shape index (κ1) is 17.7. The quantitative estimate of drug-likeness (QED) is 0.647. The number of carbonyl (C=O) groups excluding carboxylic acids is 1. The molecule has 0 aliphatic heterocycles. The topological polar surface area (TPSA) is 65.7 Å². The Morgan fingerprint density at radius 1 is 1.15 bits per heavy atom. The first-order valence-corrected chi connectivity index (χ1v) is 8.47. The monoisotopic (exact) mass is 352 g/mol. The van der Waals surface area contributed by atoms with Crippen LogP contribution in [0.25, 0.3) is 22.3 Å². The number of hydrogen-bond donors (Lipinski definition) is 0. The summed E-state index contributed by atoms with van der Waals surface area (Å²) in [6.07, 6.45) is -0.928. The smallest absolute Gasteiger partial charge is 0.347 e. The lowest BCUT2D eigenvalue weighted by Crippen LogP contribution is -2.28. The standard InChI is InChI=1S/C21H20O5/c1-4-24-21(23)14(3)25-20-18(22)16-11-10-13(2)12-17(16)26-19(20)15-8-6-5-7-9-15/h5-12,14H,4H2,1-3H3/t14-/m1/s1. The number of rotatable bonds is 5. The lowest BCUT2D eigenvalue weighted by atomic mass is 10.1. The molecule has 3 aromatic rings. The minimum atomic E-state index is -0.928. The van der Waals surface area contributed by atoms with E-state index >= 15 is 0 Å². The molecular formula is C21H20O5. The number of aryl methyl sites for hydroxylation is 1. The highest BCUT2D eigenvalue weighted by Crippen LogP contribution is 2.31. The van der Waals surface area contributed by atoms with E-state index in [4.69, 9.17) is 13.9 Å². The van der Waals surface area contributed by atoms with Crippen molar-refractivity contribution in [3.8, 4) is 17.1 Å². The third kappa shape index (κ3) is 3.47. The first-order valence-electron chi connectivity index (χ1n) is 8.47. The SMILES string of the molecule is CCOC(=O)[C@@H](C)Oc1c(-c2ccccc2)oc2cc(C)ccc2c1=O. The molecule has 1 heterocycles. The molecule has 0 amide bonds. The van der Waals surface area contributed by atoms with E-state index in [1.807, 2.05) is 49.4 Å². The molecule has 0 saturated carbocycles. The summed E-state index contributed by atoms with van der Waals surface area (Å²) in [5.41, 5.74) is 1.83. The Balaban J connectivity index is 2.18. The van der Waals surface area contributed by atoms with Gasteiger partial charge in [0.15, 0.2) is 11.9 Å².